The van der Waals surface area contributed by atoms with Crippen molar-refractivity contribution < 1.29 is 14.0 Å². The Balaban J connectivity index is 1.76. The summed E-state index contributed by atoms with van der Waals surface area (Å²) in [6.07, 6.45) is 1.46. The van der Waals surface area contributed by atoms with E-state index in [9.17, 15) is 14.4 Å². The van der Waals surface area contributed by atoms with Gasteiger partial charge in [0.15, 0.2) is 11.2 Å². The number of para-hydroxylation sites is 1. The van der Waals surface area contributed by atoms with Gasteiger partial charge in [-0.1, -0.05) is 18.2 Å². The predicted octanol–water partition coefficient (Wildman–Crippen LogP) is 1.26. The molecule has 3 aromatic rings. The van der Waals surface area contributed by atoms with Crippen LogP contribution in [0.2, 0.25) is 0 Å². The van der Waals surface area contributed by atoms with E-state index >= 15 is 0 Å². The number of fused-ring (bicyclic) bond motifs is 1. The number of carbonyl (C=O) groups excluding carboxylic acids is 2. The largest absolute Gasteiger partial charge is 0.451 e. The van der Waals surface area contributed by atoms with Crippen molar-refractivity contribution in [3.63, 3.8) is 0 Å². The lowest BCUT2D eigenvalue weighted by atomic mass is 10.2. The van der Waals surface area contributed by atoms with Gasteiger partial charge in [0.1, 0.15) is 11.3 Å². The highest BCUT2D eigenvalue weighted by Crippen LogP contribution is 2.11. The smallest absolute Gasteiger partial charge is 0.305 e. The molecule has 0 aliphatic carbocycles. The minimum Gasteiger partial charge on any atom is -0.451 e. The fraction of sp³-hybridized carbons (Fsp3) is 0. The van der Waals surface area contributed by atoms with E-state index < -0.39 is 11.8 Å². The topological polar surface area (TPSA) is 101 Å². The summed E-state index contributed by atoms with van der Waals surface area (Å²) in [5.74, 6) is -1.52. The lowest BCUT2D eigenvalue weighted by Gasteiger charge is -2.06. The molecule has 0 radical (unpaired) electrons. The third kappa shape index (κ3) is 3.08. The van der Waals surface area contributed by atoms with E-state index in [1.54, 1.807) is 36.4 Å². The van der Waals surface area contributed by atoms with Gasteiger partial charge in [-0.25, -0.2) is 0 Å². The van der Waals surface area contributed by atoms with Gasteiger partial charge in [0, 0.05) is 12.3 Å². The number of hydrogen-bond donors (Lipinski definition) is 2. The first-order valence-electron chi connectivity index (χ1n) is 6.70. The van der Waals surface area contributed by atoms with Crippen LogP contribution >= 0.6 is 0 Å². The number of benzene rings is 1. The molecule has 2 amide bonds. The van der Waals surface area contributed by atoms with Crippen LogP contribution in [0, 0.1) is 0 Å². The second kappa shape index (κ2) is 6.10. The highest BCUT2D eigenvalue weighted by atomic mass is 16.3. The Kier molecular flexibility index (Phi) is 3.84. The number of amides is 2. The molecule has 0 saturated carbocycles. The molecule has 7 heteroatoms. The summed E-state index contributed by atoms with van der Waals surface area (Å²) >= 11 is 0. The number of hydrazine groups is 1. The summed E-state index contributed by atoms with van der Waals surface area (Å²) in [6.45, 7) is 0. The van der Waals surface area contributed by atoms with Gasteiger partial charge >= 0.3 is 5.91 Å². The zero-order valence-corrected chi connectivity index (χ0v) is 11.8. The molecule has 0 aliphatic heterocycles. The van der Waals surface area contributed by atoms with Crippen molar-refractivity contribution in [3.05, 3.63) is 76.4 Å². The first-order valence-corrected chi connectivity index (χ1v) is 6.70. The van der Waals surface area contributed by atoms with Crippen molar-refractivity contribution in [2.45, 2.75) is 0 Å². The quantitative estimate of drug-likeness (QED) is 0.694. The summed E-state index contributed by atoms with van der Waals surface area (Å²) in [5.41, 5.74) is 4.48. The fourth-order valence-electron chi connectivity index (χ4n) is 1.95. The molecule has 0 unspecified atom stereocenters. The van der Waals surface area contributed by atoms with Gasteiger partial charge in [-0.3, -0.25) is 30.2 Å². The molecule has 23 heavy (non-hydrogen) atoms. The van der Waals surface area contributed by atoms with Gasteiger partial charge in [-0.05, 0) is 24.3 Å². The number of nitrogens with zero attached hydrogens (tertiary/aromatic N) is 1. The van der Waals surface area contributed by atoms with Gasteiger partial charge in [-0.2, -0.15) is 0 Å². The number of nitrogens with one attached hydrogen (secondary N) is 2. The van der Waals surface area contributed by atoms with Crippen molar-refractivity contribution in [1.82, 2.24) is 15.8 Å². The van der Waals surface area contributed by atoms with Crippen molar-refractivity contribution in [2.24, 2.45) is 0 Å². The second-order valence-corrected chi connectivity index (χ2v) is 4.59. The average Bonchev–Trinajstić information content (AvgIpc) is 2.60. The van der Waals surface area contributed by atoms with Gasteiger partial charge in [0.25, 0.3) is 5.91 Å². The Morgan fingerprint density at radius 3 is 2.48 bits per heavy atom. The molecule has 0 bridgehead atoms. The highest BCUT2D eigenvalue weighted by Gasteiger charge is 2.14. The first kappa shape index (κ1) is 14.5. The van der Waals surface area contributed by atoms with E-state index in [4.69, 9.17) is 4.42 Å². The number of aromatic nitrogens is 1. The van der Waals surface area contributed by atoms with Crippen LogP contribution in [0.25, 0.3) is 11.0 Å². The summed E-state index contributed by atoms with van der Waals surface area (Å²) in [7, 11) is 0. The van der Waals surface area contributed by atoms with Gasteiger partial charge in [0.05, 0.1) is 5.39 Å². The molecule has 7 nitrogen and oxygen atoms in total. The van der Waals surface area contributed by atoms with Crippen LogP contribution in [0.5, 0.6) is 0 Å². The third-order valence-corrected chi connectivity index (χ3v) is 3.05. The van der Waals surface area contributed by atoms with Gasteiger partial charge in [-0.15, -0.1) is 0 Å². The molecule has 2 aromatic heterocycles. The lowest BCUT2D eigenvalue weighted by molar-refractivity contribution is 0.0829. The molecule has 114 valence electrons. The molecule has 1 aromatic carbocycles. The maximum Gasteiger partial charge on any atom is 0.305 e. The molecule has 0 fully saturated rings. The van der Waals surface area contributed by atoms with Crippen molar-refractivity contribution >= 4 is 22.8 Å². The maximum atomic E-state index is 12.0. The van der Waals surface area contributed by atoms with Crippen molar-refractivity contribution in [1.29, 1.82) is 0 Å². The van der Waals surface area contributed by atoms with Crippen LogP contribution in [-0.2, 0) is 0 Å². The van der Waals surface area contributed by atoms with Crippen LogP contribution in [0.15, 0.2) is 63.9 Å². The van der Waals surface area contributed by atoms with Crippen LogP contribution < -0.4 is 16.3 Å². The molecular formula is C16H11N3O4. The van der Waals surface area contributed by atoms with Gasteiger partial charge in [0.2, 0.25) is 0 Å². The summed E-state index contributed by atoms with van der Waals surface area (Å²) < 4.78 is 5.36. The van der Waals surface area contributed by atoms with Crippen LogP contribution in [0.3, 0.4) is 0 Å². The second-order valence-electron chi connectivity index (χ2n) is 4.59. The number of hydrogen-bond acceptors (Lipinski definition) is 5. The standard InChI is InChI=1S/C16H11N3O4/c20-12-9-14(23-13-7-2-1-5-10(12)13)16(22)19-18-15(21)11-6-3-4-8-17-11/h1-9H,(H,18,21)(H,19,22). The Morgan fingerprint density at radius 2 is 1.70 bits per heavy atom. The Bertz CT molecular complexity index is 935. The third-order valence-electron chi connectivity index (χ3n) is 3.05. The Hall–Kier alpha value is -3.48. The van der Waals surface area contributed by atoms with E-state index in [2.05, 4.69) is 15.8 Å². The number of carbonyl (C=O) groups is 2. The monoisotopic (exact) mass is 309 g/mol. The SMILES string of the molecule is O=C(NNC(=O)c1cc(=O)c2ccccc2o1)c1ccccn1. The van der Waals surface area contributed by atoms with Crippen LogP contribution in [-0.4, -0.2) is 16.8 Å². The van der Waals surface area contributed by atoms with E-state index in [1.807, 2.05) is 0 Å². The van der Waals surface area contributed by atoms with E-state index in [0.29, 0.717) is 11.0 Å². The normalized spacial score (nSPS) is 10.3. The van der Waals surface area contributed by atoms with E-state index in [0.717, 1.165) is 6.07 Å². The summed E-state index contributed by atoms with van der Waals surface area (Å²) in [4.78, 5) is 39.6. The molecule has 0 saturated heterocycles. The summed E-state index contributed by atoms with van der Waals surface area (Å²) in [5, 5.41) is 0.376. The molecule has 0 spiro atoms. The zero-order valence-electron chi connectivity index (χ0n) is 11.8. The molecule has 2 heterocycles. The molecule has 0 atom stereocenters. The van der Waals surface area contributed by atoms with Gasteiger partial charge < -0.3 is 4.42 Å². The van der Waals surface area contributed by atoms with E-state index in [1.165, 1.54) is 12.3 Å². The summed E-state index contributed by atoms with van der Waals surface area (Å²) in [6, 6.07) is 12.5. The van der Waals surface area contributed by atoms with E-state index in [-0.39, 0.29) is 16.9 Å². The number of pyridine rings is 1. The fourth-order valence-corrected chi connectivity index (χ4v) is 1.95. The highest BCUT2D eigenvalue weighted by molar-refractivity contribution is 5.97. The molecule has 0 aliphatic rings. The lowest BCUT2D eigenvalue weighted by Crippen LogP contribution is -2.42. The minimum atomic E-state index is -0.739. The first-order chi connectivity index (χ1) is 11.1. The Labute approximate surface area is 129 Å². The zero-order chi connectivity index (χ0) is 16.2. The predicted molar refractivity (Wildman–Crippen MR) is 81.7 cm³/mol. The molecular weight excluding hydrogens is 298 g/mol. The molecule has 3 rings (SSSR count). The van der Waals surface area contributed by atoms with Crippen LogP contribution in [0.1, 0.15) is 21.0 Å². The van der Waals surface area contributed by atoms with Crippen molar-refractivity contribution in [2.75, 3.05) is 0 Å². The Morgan fingerprint density at radius 1 is 0.957 bits per heavy atom. The van der Waals surface area contributed by atoms with Crippen molar-refractivity contribution in [3.8, 4) is 0 Å². The number of rotatable bonds is 2. The minimum absolute atomic E-state index is 0.146. The maximum absolute atomic E-state index is 12.0. The molecule has 2 N–H and O–H groups in total. The average molecular weight is 309 g/mol. The van der Waals surface area contributed by atoms with Crippen LogP contribution in [0.4, 0.5) is 0 Å².